The number of allylic oxidation sites excluding steroid dienone is 2. The van der Waals surface area contributed by atoms with Crippen LogP contribution in [0.25, 0.3) is 5.32 Å². The van der Waals surface area contributed by atoms with Gasteiger partial charge in [0.25, 0.3) is 0 Å². The number of hydrogen-bond acceptors (Lipinski definition) is 1. The Kier molecular flexibility index (Phi) is 13.0. The SMILES string of the molecule is CC(/C=C(/C)[N-]c1c(C(C)C)cccc1C(C)C)=Nc1c(C(C)C)cccc1C(C)C.[Cr+3].[O-2]. The van der Waals surface area contributed by atoms with Gasteiger partial charge < -0.3 is 10.8 Å². The molecular formula is C29H41CrN2O. The number of nitrogens with zero attached hydrogens (tertiary/aromatic N) is 2. The zero-order chi connectivity index (χ0) is 23.3. The van der Waals surface area contributed by atoms with Crippen LogP contribution in [0.5, 0.6) is 0 Å². The minimum atomic E-state index is 0. The van der Waals surface area contributed by atoms with Crippen molar-refractivity contribution in [3.63, 3.8) is 0 Å². The van der Waals surface area contributed by atoms with Crippen LogP contribution in [0.1, 0.15) is 115 Å². The second-order valence-electron chi connectivity index (χ2n) is 9.84. The first-order valence-corrected chi connectivity index (χ1v) is 11.7. The first kappa shape index (κ1) is 31.1. The molecule has 3 nitrogen and oxygen atoms in total. The Labute approximate surface area is 213 Å². The van der Waals surface area contributed by atoms with E-state index >= 15 is 0 Å². The van der Waals surface area contributed by atoms with Crippen LogP contribution >= 0.6 is 0 Å². The van der Waals surface area contributed by atoms with E-state index in [0.717, 1.165) is 22.8 Å². The zero-order valence-electron chi connectivity index (χ0n) is 22.1. The van der Waals surface area contributed by atoms with E-state index in [0.29, 0.717) is 23.7 Å². The zero-order valence-corrected chi connectivity index (χ0v) is 23.3. The van der Waals surface area contributed by atoms with Gasteiger partial charge in [0.05, 0.1) is 5.69 Å². The smallest absolute Gasteiger partial charge is 2.00 e. The molecule has 0 aliphatic rings. The molecule has 179 valence electrons. The molecule has 33 heavy (non-hydrogen) atoms. The van der Waals surface area contributed by atoms with Crippen molar-refractivity contribution in [2.75, 3.05) is 0 Å². The van der Waals surface area contributed by atoms with E-state index in [-0.39, 0.29) is 22.8 Å². The standard InChI is InChI=1S/C29H41N2.Cr.O/c1-18(2)24-13-11-14-25(19(3)4)28(24)30-22(9)17-23(10)31-29-26(20(5)6)15-12-16-27(29)21(7)8;;/h11-21H,1-10H3;;/q-1;+3;-2/b22-17-,31-23?;;. The molecule has 0 unspecified atom stereocenters. The summed E-state index contributed by atoms with van der Waals surface area (Å²) in [6.07, 6.45) is 2.11. The van der Waals surface area contributed by atoms with Crippen molar-refractivity contribution in [2.24, 2.45) is 4.99 Å². The van der Waals surface area contributed by atoms with E-state index < -0.39 is 0 Å². The van der Waals surface area contributed by atoms with E-state index in [2.05, 4.69) is 112 Å². The number of rotatable bonds is 8. The van der Waals surface area contributed by atoms with Crippen LogP contribution in [0.3, 0.4) is 0 Å². The van der Waals surface area contributed by atoms with Crippen LogP contribution in [0.2, 0.25) is 0 Å². The molecule has 0 bridgehead atoms. The average Bonchev–Trinajstić information content (AvgIpc) is 2.67. The summed E-state index contributed by atoms with van der Waals surface area (Å²) in [6, 6.07) is 13.1. The Morgan fingerprint density at radius 1 is 0.697 bits per heavy atom. The number of hydrogen-bond donors (Lipinski definition) is 0. The molecule has 0 aromatic heterocycles. The van der Waals surface area contributed by atoms with Crippen LogP contribution in [0, 0.1) is 0 Å². The summed E-state index contributed by atoms with van der Waals surface area (Å²) in [4.78, 5) is 5.08. The normalized spacial score (nSPS) is 12.3. The summed E-state index contributed by atoms with van der Waals surface area (Å²) >= 11 is 0. The molecule has 4 heteroatoms. The molecule has 0 saturated carbocycles. The summed E-state index contributed by atoms with van der Waals surface area (Å²) in [7, 11) is 0. The van der Waals surface area contributed by atoms with E-state index in [9.17, 15) is 0 Å². The predicted octanol–water partition coefficient (Wildman–Crippen LogP) is 9.76. The van der Waals surface area contributed by atoms with Crippen molar-refractivity contribution in [1.82, 2.24) is 0 Å². The van der Waals surface area contributed by atoms with Crippen molar-refractivity contribution in [2.45, 2.75) is 92.9 Å². The van der Waals surface area contributed by atoms with Gasteiger partial charge in [0.2, 0.25) is 0 Å². The largest absolute Gasteiger partial charge is 3.00 e. The molecule has 0 amide bonds. The quantitative estimate of drug-likeness (QED) is 0.334. The molecule has 0 saturated heterocycles. The van der Waals surface area contributed by atoms with Gasteiger partial charge in [0.1, 0.15) is 0 Å². The summed E-state index contributed by atoms with van der Waals surface area (Å²) in [5, 5.41) is 5.08. The van der Waals surface area contributed by atoms with Gasteiger partial charge in [-0.2, -0.15) is 5.70 Å². The van der Waals surface area contributed by atoms with E-state index in [1.54, 1.807) is 0 Å². The molecule has 1 radical (unpaired) electrons. The Hall–Kier alpha value is -1.86. The van der Waals surface area contributed by atoms with Crippen LogP contribution in [-0.4, -0.2) is 5.71 Å². The van der Waals surface area contributed by atoms with Crippen LogP contribution in [0.4, 0.5) is 11.4 Å². The molecular weight excluding hydrogens is 444 g/mol. The Balaban J connectivity index is 0.00000512. The second-order valence-corrected chi connectivity index (χ2v) is 9.84. The van der Waals surface area contributed by atoms with Gasteiger partial charge >= 0.3 is 17.4 Å². The third-order valence-corrected chi connectivity index (χ3v) is 5.68. The van der Waals surface area contributed by atoms with Gasteiger partial charge in [-0.1, -0.05) is 116 Å². The number of aliphatic imine (C=N–C) groups is 1. The average molecular weight is 486 g/mol. The Bertz CT molecular complexity index is 904. The van der Waals surface area contributed by atoms with Gasteiger partial charge in [0.15, 0.2) is 0 Å². The molecule has 0 aliphatic heterocycles. The Morgan fingerprint density at radius 2 is 1.06 bits per heavy atom. The molecule has 0 atom stereocenters. The van der Waals surface area contributed by atoms with E-state index in [1.165, 1.54) is 22.3 Å². The summed E-state index contributed by atoms with van der Waals surface area (Å²) < 4.78 is 0. The maximum absolute atomic E-state index is 5.08. The minimum Gasteiger partial charge on any atom is -2.00 e. The molecule has 0 spiro atoms. The molecule has 0 heterocycles. The summed E-state index contributed by atoms with van der Waals surface area (Å²) in [6.45, 7) is 22.1. The van der Waals surface area contributed by atoms with Crippen LogP contribution in [0.15, 0.2) is 53.2 Å². The summed E-state index contributed by atoms with van der Waals surface area (Å²) in [5.41, 5.74) is 9.45. The third kappa shape index (κ3) is 8.14. The second kappa shape index (κ2) is 13.8. The topological polar surface area (TPSA) is 55.0 Å². The fourth-order valence-corrected chi connectivity index (χ4v) is 4.00. The minimum absolute atomic E-state index is 0. The fourth-order valence-electron chi connectivity index (χ4n) is 4.00. The van der Waals surface area contributed by atoms with Crippen molar-refractivity contribution >= 4 is 17.1 Å². The van der Waals surface area contributed by atoms with E-state index in [4.69, 9.17) is 10.3 Å². The molecule has 2 aromatic rings. The van der Waals surface area contributed by atoms with E-state index in [1.807, 2.05) is 0 Å². The van der Waals surface area contributed by atoms with Gasteiger partial charge in [-0.3, -0.25) is 4.99 Å². The molecule has 0 aliphatic carbocycles. The van der Waals surface area contributed by atoms with Gasteiger partial charge in [0, 0.05) is 5.71 Å². The maximum atomic E-state index is 5.08. The third-order valence-electron chi connectivity index (χ3n) is 5.68. The maximum Gasteiger partial charge on any atom is 3.00 e. The molecule has 0 fully saturated rings. The molecule has 2 rings (SSSR count). The first-order chi connectivity index (χ1) is 14.5. The van der Waals surface area contributed by atoms with Gasteiger partial charge in [-0.15, -0.1) is 5.69 Å². The van der Waals surface area contributed by atoms with Crippen LogP contribution < -0.4 is 0 Å². The number of benzene rings is 2. The van der Waals surface area contributed by atoms with Gasteiger partial charge in [-0.05, 0) is 41.7 Å². The Morgan fingerprint density at radius 3 is 1.42 bits per heavy atom. The molecule has 2 aromatic carbocycles. The molecule has 0 N–H and O–H groups in total. The number of para-hydroxylation sites is 2. The first-order valence-electron chi connectivity index (χ1n) is 11.7. The van der Waals surface area contributed by atoms with Gasteiger partial charge in [-0.25, -0.2) is 0 Å². The fraction of sp³-hybridized carbons (Fsp3) is 0.483. The van der Waals surface area contributed by atoms with Crippen molar-refractivity contribution in [3.05, 3.63) is 75.7 Å². The van der Waals surface area contributed by atoms with Crippen LogP contribution in [-0.2, 0) is 22.8 Å². The van der Waals surface area contributed by atoms with Crippen molar-refractivity contribution in [3.8, 4) is 0 Å². The predicted molar refractivity (Wildman–Crippen MR) is 139 cm³/mol. The summed E-state index contributed by atoms with van der Waals surface area (Å²) in [5.74, 6) is 1.75. The van der Waals surface area contributed by atoms with Crippen molar-refractivity contribution in [1.29, 1.82) is 0 Å². The monoisotopic (exact) mass is 485 g/mol. The van der Waals surface area contributed by atoms with Crippen molar-refractivity contribution < 1.29 is 22.8 Å².